The number of esters is 1. The van der Waals surface area contributed by atoms with Crippen molar-refractivity contribution < 1.29 is 19.4 Å². The number of aryl methyl sites for hydroxylation is 1. The molecule has 1 atom stereocenters. The number of aromatic nitrogens is 2. The standard InChI is InChI=1S/C23H18N2O4S2/c1-13-9-20(30-12-13)23(27)17(10-14-3-6-16(28-2)7-4-14)21(22(26)29-23)15-5-8-18-19(11-15)25-31-24-18/h3-9,11-12,27H,10H2,1-2H3. The molecule has 0 amide bonds. The van der Waals surface area contributed by atoms with Crippen LogP contribution in [0.25, 0.3) is 16.6 Å². The summed E-state index contributed by atoms with van der Waals surface area (Å²) in [6.07, 6.45) is 0.339. The van der Waals surface area contributed by atoms with Crippen LogP contribution < -0.4 is 4.74 Å². The average molecular weight is 451 g/mol. The number of hydrogen-bond donors (Lipinski definition) is 1. The van der Waals surface area contributed by atoms with Crippen LogP contribution in [0.1, 0.15) is 21.6 Å². The zero-order valence-electron chi connectivity index (χ0n) is 16.8. The first kappa shape index (κ1) is 19.9. The second-order valence-corrected chi connectivity index (χ2v) is 8.81. The molecule has 0 spiro atoms. The summed E-state index contributed by atoms with van der Waals surface area (Å²) in [6, 6.07) is 14.9. The Bertz CT molecular complexity index is 1320. The van der Waals surface area contributed by atoms with Gasteiger partial charge in [-0.1, -0.05) is 18.2 Å². The number of rotatable bonds is 5. The van der Waals surface area contributed by atoms with E-state index in [0.29, 0.717) is 33.5 Å². The van der Waals surface area contributed by atoms with Crippen molar-refractivity contribution in [2.24, 2.45) is 0 Å². The maximum Gasteiger partial charge on any atom is 0.342 e. The molecule has 6 nitrogen and oxygen atoms in total. The second-order valence-electron chi connectivity index (χ2n) is 7.37. The molecule has 8 heteroatoms. The van der Waals surface area contributed by atoms with Gasteiger partial charge in [-0.3, -0.25) is 0 Å². The first-order valence-corrected chi connectivity index (χ1v) is 11.2. The Kier molecular flexibility index (Phi) is 4.85. The van der Waals surface area contributed by atoms with Crippen molar-refractivity contribution in [3.05, 3.63) is 81.1 Å². The molecule has 0 saturated carbocycles. The molecule has 156 valence electrons. The molecule has 0 aliphatic carbocycles. The van der Waals surface area contributed by atoms with Crippen molar-refractivity contribution in [3.63, 3.8) is 0 Å². The summed E-state index contributed by atoms with van der Waals surface area (Å²) < 4.78 is 19.4. The molecule has 2 aromatic carbocycles. The molecule has 0 fully saturated rings. The second kappa shape index (κ2) is 7.56. The molecule has 1 N–H and O–H groups in total. The van der Waals surface area contributed by atoms with Crippen molar-refractivity contribution in [2.45, 2.75) is 19.1 Å². The summed E-state index contributed by atoms with van der Waals surface area (Å²) in [4.78, 5) is 13.6. The Morgan fingerprint density at radius 3 is 2.58 bits per heavy atom. The average Bonchev–Trinajstić information content (AvgIpc) is 3.47. The van der Waals surface area contributed by atoms with Crippen molar-refractivity contribution in [2.75, 3.05) is 7.11 Å². The quantitative estimate of drug-likeness (QED) is 0.452. The van der Waals surface area contributed by atoms with Gasteiger partial charge in [-0.2, -0.15) is 8.75 Å². The number of carbonyl (C=O) groups is 1. The molecule has 0 bridgehead atoms. The van der Waals surface area contributed by atoms with Gasteiger partial charge in [-0.25, -0.2) is 4.79 Å². The lowest BCUT2D eigenvalue weighted by molar-refractivity contribution is -0.184. The molecule has 2 aromatic heterocycles. The molecule has 1 aliphatic rings. The molecular weight excluding hydrogens is 432 g/mol. The molecule has 1 aliphatic heterocycles. The molecular formula is C23H18N2O4S2. The van der Waals surface area contributed by atoms with E-state index in [2.05, 4.69) is 8.75 Å². The minimum atomic E-state index is -1.82. The third kappa shape index (κ3) is 3.42. The minimum absolute atomic E-state index is 0.339. The predicted molar refractivity (Wildman–Crippen MR) is 120 cm³/mol. The van der Waals surface area contributed by atoms with Gasteiger partial charge in [-0.15, -0.1) is 11.3 Å². The SMILES string of the molecule is COc1ccc(CC2=C(c3ccc4nsnc4c3)C(=O)OC2(O)c2cc(C)cs2)cc1. The normalized spacial score (nSPS) is 18.6. The third-order valence-electron chi connectivity index (χ3n) is 5.30. The van der Waals surface area contributed by atoms with Crippen LogP contribution in [0.15, 0.2) is 59.5 Å². The van der Waals surface area contributed by atoms with Crippen LogP contribution in [0.3, 0.4) is 0 Å². The summed E-state index contributed by atoms with van der Waals surface area (Å²) in [5.41, 5.74) is 4.91. The summed E-state index contributed by atoms with van der Waals surface area (Å²) in [5, 5.41) is 13.6. The number of methoxy groups -OCH3 is 1. The largest absolute Gasteiger partial charge is 0.497 e. The zero-order chi connectivity index (χ0) is 21.6. The number of ether oxygens (including phenoxy) is 2. The minimum Gasteiger partial charge on any atom is -0.497 e. The monoisotopic (exact) mass is 450 g/mol. The number of fused-ring (bicyclic) bond motifs is 1. The number of nitrogens with zero attached hydrogens (tertiary/aromatic N) is 2. The van der Waals surface area contributed by atoms with Crippen molar-refractivity contribution in [1.82, 2.24) is 8.75 Å². The van der Waals surface area contributed by atoms with E-state index >= 15 is 0 Å². The van der Waals surface area contributed by atoms with E-state index in [-0.39, 0.29) is 0 Å². The van der Waals surface area contributed by atoms with Crippen LogP contribution in [0.2, 0.25) is 0 Å². The van der Waals surface area contributed by atoms with Crippen LogP contribution >= 0.6 is 23.1 Å². The molecule has 31 heavy (non-hydrogen) atoms. The van der Waals surface area contributed by atoms with E-state index in [0.717, 1.165) is 34.1 Å². The maximum atomic E-state index is 13.1. The first-order valence-electron chi connectivity index (χ1n) is 9.58. The molecule has 0 radical (unpaired) electrons. The van der Waals surface area contributed by atoms with E-state index in [4.69, 9.17) is 9.47 Å². The molecule has 1 unspecified atom stereocenters. The van der Waals surface area contributed by atoms with Gasteiger partial charge in [0.1, 0.15) is 16.8 Å². The lowest BCUT2D eigenvalue weighted by Gasteiger charge is -2.24. The Balaban J connectivity index is 1.68. The van der Waals surface area contributed by atoms with Crippen LogP contribution in [0.5, 0.6) is 5.75 Å². The van der Waals surface area contributed by atoms with E-state index in [1.54, 1.807) is 7.11 Å². The molecule has 5 rings (SSSR count). The topological polar surface area (TPSA) is 81.5 Å². The maximum absolute atomic E-state index is 13.1. The van der Waals surface area contributed by atoms with Crippen LogP contribution in [0.4, 0.5) is 0 Å². The first-order chi connectivity index (χ1) is 15.0. The summed E-state index contributed by atoms with van der Waals surface area (Å²) >= 11 is 2.49. The Labute approximate surface area is 186 Å². The highest BCUT2D eigenvalue weighted by Crippen LogP contribution is 2.46. The lowest BCUT2D eigenvalue weighted by atomic mass is 9.90. The summed E-state index contributed by atoms with van der Waals surface area (Å²) in [6.45, 7) is 1.94. The predicted octanol–water partition coefficient (Wildman–Crippen LogP) is 4.47. The van der Waals surface area contributed by atoms with Gasteiger partial charge in [-0.05, 0) is 59.3 Å². The van der Waals surface area contributed by atoms with Gasteiger partial charge in [0, 0.05) is 12.0 Å². The zero-order valence-corrected chi connectivity index (χ0v) is 18.4. The van der Waals surface area contributed by atoms with Gasteiger partial charge in [0.15, 0.2) is 0 Å². The van der Waals surface area contributed by atoms with Crippen LogP contribution in [0, 0.1) is 6.92 Å². The van der Waals surface area contributed by atoms with Crippen molar-refractivity contribution in [1.29, 1.82) is 0 Å². The smallest absolute Gasteiger partial charge is 0.342 e. The molecule has 4 aromatic rings. The number of benzene rings is 2. The Hall–Kier alpha value is -3.07. The van der Waals surface area contributed by atoms with Gasteiger partial charge in [0.25, 0.3) is 5.79 Å². The molecule has 0 saturated heterocycles. The molecule has 3 heterocycles. The van der Waals surface area contributed by atoms with Crippen molar-refractivity contribution >= 4 is 45.6 Å². The fourth-order valence-corrected chi connectivity index (χ4v) is 5.21. The number of hydrogen-bond acceptors (Lipinski definition) is 8. The number of thiophene rings is 1. The highest BCUT2D eigenvalue weighted by Gasteiger charge is 2.49. The highest BCUT2D eigenvalue weighted by molar-refractivity contribution is 7.10. The Morgan fingerprint density at radius 1 is 1.10 bits per heavy atom. The van der Waals surface area contributed by atoms with Crippen LogP contribution in [-0.4, -0.2) is 26.9 Å². The summed E-state index contributed by atoms with van der Waals surface area (Å²) in [7, 11) is 1.61. The number of carbonyl (C=O) groups excluding carboxylic acids is 1. The van der Waals surface area contributed by atoms with Gasteiger partial charge >= 0.3 is 5.97 Å². The Morgan fingerprint density at radius 2 is 1.87 bits per heavy atom. The van der Waals surface area contributed by atoms with E-state index in [9.17, 15) is 9.90 Å². The van der Waals surface area contributed by atoms with Gasteiger partial charge < -0.3 is 14.6 Å². The fraction of sp³-hybridized carbons (Fsp3) is 0.174. The van der Waals surface area contributed by atoms with E-state index < -0.39 is 11.8 Å². The van der Waals surface area contributed by atoms with Crippen molar-refractivity contribution in [3.8, 4) is 5.75 Å². The van der Waals surface area contributed by atoms with E-state index in [1.165, 1.54) is 11.3 Å². The number of cyclic esters (lactones) is 1. The number of aliphatic hydroxyl groups is 1. The lowest BCUT2D eigenvalue weighted by Crippen LogP contribution is -2.28. The fourth-order valence-electron chi connectivity index (χ4n) is 3.73. The summed E-state index contributed by atoms with van der Waals surface area (Å²) in [5.74, 6) is -1.64. The third-order valence-corrected chi connectivity index (χ3v) is 7.00. The highest BCUT2D eigenvalue weighted by atomic mass is 32.1. The van der Waals surface area contributed by atoms with Crippen LogP contribution in [-0.2, 0) is 21.7 Å². The van der Waals surface area contributed by atoms with Gasteiger partial charge in [0.2, 0.25) is 0 Å². The van der Waals surface area contributed by atoms with E-state index in [1.807, 2.05) is 60.8 Å². The van der Waals surface area contributed by atoms with Gasteiger partial charge in [0.05, 0.1) is 29.3 Å².